The summed E-state index contributed by atoms with van der Waals surface area (Å²) >= 11 is 0. The van der Waals surface area contributed by atoms with Gasteiger partial charge in [0, 0.05) is 18.7 Å². The normalized spacial score (nSPS) is 14.4. The average Bonchev–Trinajstić information content (AvgIpc) is 2.34. The van der Waals surface area contributed by atoms with E-state index in [0.29, 0.717) is 0 Å². The zero-order valence-electron chi connectivity index (χ0n) is 9.34. The molecular formula is C11H15FO5. The second-order valence-corrected chi connectivity index (χ2v) is 3.43. The van der Waals surface area contributed by atoms with Gasteiger partial charge in [-0.3, -0.25) is 0 Å². The first kappa shape index (κ1) is 13.9. The fourth-order valence-electron chi connectivity index (χ4n) is 1.27. The molecule has 2 unspecified atom stereocenters. The number of benzene rings is 1. The number of halogens is 1. The third-order valence-electron chi connectivity index (χ3n) is 2.19. The van der Waals surface area contributed by atoms with Crippen molar-refractivity contribution in [3.8, 4) is 5.75 Å². The van der Waals surface area contributed by atoms with Gasteiger partial charge in [0.05, 0.1) is 6.61 Å². The van der Waals surface area contributed by atoms with Crippen molar-refractivity contribution in [2.24, 2.45) is 0 Å². The summed E-state index contributed by atoms with van der Waals surface area (Å²) in [6.45, 7) is -0.664. The summed E-state index contributed by atoms with van der Waals surface area (Å²) in [5.74, 6) is -0.475. The highest BCUT2D eigenvalue weighted by Crippen LogP contribution is 2.24. The Hall–Kier alpha value is -1.21. The molecule has 96 valence electrons. The SMILES string of the molecule is COCOc1ccc(C(O)C(O)CO)c(F)c1. The Labute approximate surface area is 98.0 Å². The molecular weight excluding hydrogens is 231 g/mol. The fraction of sp³-hybridized carbons (Fsp3) is 0.455. The van der Waals surface area contributed by atoms with E-state index in [1.165, 1.54) is 19.2 Å². The van der Waals surface area contributed by atoms with Gasteiger partial charge in [0.2, 0.25) is 0 Å². The van der Waals surface area contributed by atoms with Gasteiger partial charge in [-0.2, -0.15) is 0 Å². The Morgan fingerprint density at radius 1 is 1.35 bits per heavy atom. The van der Waals surface area contributed by atoms with Crippen molar-refractivity contribution in [2.75, 3.05) is 20.5 Å². The van der Waals surface area contributed by atoms with E-state index in [-0.39, 0.29) is 18.1 Å². The molecule has 1 aromatic rings. The minimum atomic E-state index is -1.48. The smallest absolute Gasteiger partial charge is 0.188 e. The van der Waals surface area contributed by atoms with Crippen molar-refractivity contribution in [2.45, 2.75) is 12.2 Å². The molecule has 0 aliphatic heterocycles. The van der Waals surface area contributed by atoms with Gasteiger partial charge >= 0.3 is 0 Å². The van der Waals surface area contributed by atoms with Crippen LogP contribution in [0.2, 0.25) is 0 Å². The molecule has 0 bridgehead atoms. The molecule has 0 heterocycles. The molecule has 3 N–H and O–H groups in total. The van der Waals surface area contributed by atoms with Crippen molar-refractivity contribution in [1.82, 2.24) is 0 Å². The molecule has 0 fully saturated rings. The first-order chi connectivity index (χ1) is 8.10. The molecule has 17 heavy (non-hydrogen) atoms. The molecule has 1 aromatic carbocycles. The summed E-state index contributed by atoms with van der Waals surface area (Å²) < 4.78 is 23.2. The number of rotatable bonds is 6. The highest BCUT2D eigenvalue weighted by Gasteiger charge is 2.21. The summed E-state index contributed by atoms with van der Waals surface area (Å²) in [4.78, 5) is 0. The summed E-state index contributed by atoms with van der Waals surface area (Å²) in [6, 6.07) is 3.79. The second kappa shape index (κ2) is 6.51. The van der Waals surface area contributed by atoms with Gasteiger partial charge in [-0.05, 0) is 12.1 Å². The lowest BCUT2D eigenvalue weighted by molar-refractivity contribution is -0.0169. The third kappa shape index (κ3) is 3.64. The number of aliphatic hydroxyl groups is 3. The quantitative estimate of drug-likeness (QED) is 0.625. The second-order valence-electron chi connectivity index (χ2n) is 3.43. The Balaban J connectivity index is 2.82. The van der Waals surface area contributed by atoms with Crippen LogP contribution in [0.4, 0.5) is 4.39 Å². The largest absolute Gasteiger partial charge is 0.467 e. The summed E-state index contributed by atoms with van der Waals surface area (Å²) in [7, 11) is 1.44. The molecule has 6 heteroatoms. The predicted molar refractivity (Wildman–Crippen MR) is 57.0 cm³/mol. The fourth-order valence-corrected chi connectivity index (χ4v) is 1.27. The van der Waals surface area contributed by atoms with E-state index in [2.05, 4.69) is 4.74 Å². The summed E-state index contributed by atoms with van der Waals surface area (Å²) in [5.41, 5.74) is -0.101. The van der Waals surface area contributed by atoms with E-state index in [4.69, 9.17) is 9.84 Å². The zero-order chi connectivity index (χ0) is 12.8. The molecule has 0 saturated carbocycles. The molecule has 0 radical (unpaired) electrons. The lowest BCUT2D eigenvalue weighted by atomic mass is 10.0. The van der Waals surface area contributed by atoms with Crippen LogP contribution in [0.25, 0.3) is 0 Å². The van der Waals surface area contributed by atoms with Gasteiger partial charge in [0.25, 0.3) is 0 Å². The van der Waals surface area contributed by atoms with Crippen LogP contribution in [0.5, 0.6) is 5.75 Å². The average molecular weight is 246 g/mol. The maximum Gasteiger partial charge on any atom is 0.188 e. The molecule has 0 spiro atoms. The monoisotopic (exact) mass is 246 g/mol. The molecule has 0 aliphatic rings. The van der Waals surface area contributed by atoms with Gasteiger partial charge in [-0.15, -0.1) is 0 Å². The molecule has 1 rings (SSSR count). The maximum absolute atomic E-state index is 13.6. The predicted octanol–water partition coefficient (Wildman–Crippen LogP) is 0.195. The Morgan fingerprint density at radius 2 is 2.06 bits per heavy atom. The number of ether oxygens (including phenoxy) is 2. The molecule has 0 saturated heterocycles. The van der Waals surface area contributed by atoms with Gasteiger partial charge < -0.3 is 24.8 Å². The van der Waals surface area contributed by atoms with Crippen LogP contribution < -0.4 is 4.74 Å². The van der Waals surface area contributed by atoms with E-state index < -0.39 is 24.6 Å². The molecule has 2 atom stereocenters. The third-order valence-corrected chi connectivity index (χ3v) is 2.19. The minimum Gasteiger partial charge on any atom is -0.467 e. The van der Waals surface area contributed by atoms with Gasteiger partial charge in [0.1, 0.15) is 23.8 Å². The van der Waals surface area contributed by atoms with Crippen molar-refractivity contribution in [1.29, 1.82) is 0 Å². The molecule has 0 amide bonds. The van der Waals surface area contributed by atoms with Gasteiger partial charge in [-0.1, -0.05) is 0 Å². The molecule has 0 aromatic heterocycles. The Bertz CT molecular complexity index is 358. The summed E-state index contributed by atoms with van der Waals surface area (Å²) in [5, 5.41) is 27.4. The van der Waals surface area contributed by atoms with E-state index in [1.807, 2.05) is 0 Å². The van der Waals surface area contributed by atoms with Crippen LogP contribution >= 0.6 is 0 Å². The highest BCUT2D eigenvalue weighted by atomic mass is 19.1. The molecule has 0 aliphatic carbocycles. The lowest BCUT2D eigenvalue weighted by Gasteiger charge is -2.17. The first-order valence-electron chi connectivity index (χ1n) is 4.98. The van der Waals surface area contributed by atoms with Crippen molar-refractivity contribution < 1.29 is 29.2 Å². The van der Waals surface area contributed by atoms with Crippen LogP contribution in [0.15, 0.2) is 18.2 Å². The van der Waals surface area contributed by atoms with Crippen LogP contribution in [0.3, 0.4) is 0 Å². The highest BCUT2D eigenvalue weighted by molar-refractivity contribution is 5.30. The van der Waals surface area contributed by atoms with E-state index in [9.17, 15) is 14.6 Å². The van der Waals surface area contributed by atoms with E-state index in [0.717, 1.165) is 6.07 Å². The van der Waals surface area contributed by atoms with E-state index in [1.54, 1.807) is 0 Å². The minimum absolute atomic E-state index is 0.0133. The van der Waals surface area contributed by atoms with Crippen molar-refractivity contribution >= 4 is 0 Å². The Morgan fingerprint density at radius 3 is 2.59 bits per heavy atom. The standard InChI is InChI=1S/C11H15FO5/c1-16-6-17-7-2-3-8(9(12)4-7)11(15)10(14)5-13/h2-4,10-11,13-15H,5-6H2,1H3. The van der Waals surface area contributed by atoms with Gasteiger partial charge in [0.15, 0.2) is 6.79 Å². The van der Waals surface area contributed by atoms with E-state index >= 15 is 0 Å². The lowest BCUT2D eigenvalue weighted by Crippen LogP contribution is -2.22. The van der Waals surface area contributed by atoms with Crippen molar-refractivity contribution in [3.63, 3.8) is 0 Å². The van der Waals surface area contributed by atoms with Crippen LogP contribution in [0, 0.1) is 5.82 Å². The summed E-state index contributed by atoms with van der Waals surface area (Å²) in [6.07, 6.45) is -2.90. The molecule has 5 nitrogen and oxygen atoms in total. The number of aliphatic hydroxyl groups excluding tert-OH is 3. The number of methoxy groups -OCH3 is 1. The first-order valence-corrected chi connectivity index (χ1v) is 4.98. The topological polar surface area (TPSA) is 79.2 Å². The van der Waals surface area contributed by atoms with Gasteiger partial charge in [-0.25, -0.2) is 4.39 Å². The maximum atomic E-state index is 13.6. The van der Waals surface area contributed by atoms with Crippen molar-refractivity contribution in [3.05, 3.63) is 29.6 Å². The Kier molecular flexibility index (Phi) is 5.30. The van der Waals surface area contributed by atoms with Crippen LogP contribution in [0.1, 0.15) is 11.7 Å². The zero-order valence-corrected chi connectivity index (χ0v) is 9.34. The van der Waals surface area contributed by atoms with Crippen LogP contribution in [-0.2, 0) is 4.74 Å². The number of hydrogen-bond donors (Lipinski definition) is 3. The van der Waals surface area contributed by atoms with Crippen LogP contribution in [-0.4, -0.2) is 41.9 Å². The number of hydrogen-bond acceptors (Lipinski definition) is 5.